The summed E-state index contributed by atoms with van der Waals surface area (Å²) >= 11 is 5.67. The monoisotopic (exact) mass is 350 g/mol. The third kappa shape index (κ3) is 4.23. The molecule has 0 saturated heterocycles. The van der Waals surface area contributed by atoms with Crippen LogP contribution in [0.4, 0.5) is 10.1 Å². The van der Waals surface area contributed by atoms with Gasteiger partial charge in [-0.05, 0) is 49.7 Å². The molecule has 5 nitrogen and oxygen atoms in total. The van der Waals surface area contributed by atoms with Crippen LogP contribution in [-0.2, 0) is 4.79 Å². The highest BCUT2D eigenvalue weighted by Gasteiger charge is 2.18. The van der Waals surface area contributed by atoms with Crippen LogP contribution in [0.5, 0.6) is 5.75 Å². The molecule has 3 N–H and O–H groups in total. The molecule has 0 aliphatic heterocycles. The quantitative estimate of drug-likeness (QED) is 0.868. The summed E-state index contributed by atoms with van der Waals surface area (Å²) in [5.41, 5.74) is 6.68. The van der Waals surface area contributed by atoms with E-state index in [4.69, 9.17) is 22.1 Å². The van der Waals surface area contributed by atoms with Crippen molar-refractivity contribution in [2.45, 2.75) is 20.0 Å². The minimum atomic E-state index is -0.909. The Hall–Kier alpha value is -2.60. The second-order valence-corrected chi connectivity index (χ2v) is 5.65. The van der Waals surface area contributed by atoms with E-state index in [0.29, 0.717) is 5.69 Å². The normalized spacial score (nSPS) is 11.7. The first kappa shape index (κ1) is 17.7. The zero-order chi connectivity index (χ0) is 17.9. The molecule has 1 atom stereocenters. The number of ether oxygens (including phenoxy) is 1. The SMILES string of the molecule is Cc1ccc(C(N)=O)c(O[C@@H](C)C(=O)Nc2ccc(F)c(Cl)c2)c1. The van der Waals surface area contributed by atoms with Crippen molar-refractivity contribution in [1.82, 2.24) is 0 Å². The van der Waals surface area contributed by atoms with Crippen molar-refractivity contribution < 1.29 is 18.7 Å². The van der Waals surface area contributed by atoms with Crippen molar-refractivity contribution in [3.8, 4) is 5.75 Å². The molecule has 0 bridgehead atoms. The number of hydrogen-bond acceptors (Lipinski definition) is 3. The van der Waals surface area contributed by atoms with E-state index in [9.17, 15) is 14.0 Å². The molecule has 2 aromatic rings. The predicted molar refractivity (Wildman–Crippen MR) is 89.8 cm³/mol. The fraction of sp³-hybridized carbons (Fsp3) is 0.176. The standard InChI is InChI=1S/C17H16ClFN2O3/c1-9-3-5-12(16(20)22)15(7-9)24-10(2)17(23)21-11-4-6-14(19)13(18)8-11/h3-8,10H,1-2H3,(H2,20,22)(H,21,23)/t10-/m0/s1. The molecule has 0 aliphatic rings. The van der Waals surface area contributed by atoms with Gasteiger partial charge in [-0.2, -0.15) is 0 Å². The van der Waals surface area contributed by atoms with Crippen molar-refractivity contribution >= 4 is 29.1 Å². The summed E-state index contributed by atoms with van der Waals surface area (Å²) in [4.78, 5) is 23.6. The number of halogens is 2. The smallest absolute Gasteiger partial charge is 0.265 e. The number of carbonyl (C=O) groups excluding carboxylic acids is 2. The lowest BCUT2D eigenvalue weighted by atomic mass is 10.1. The number of rotatable bonds is 5. The predicted octanol–water partition coefficient (Wildman–Crippen LogP) is 3.29. The highest BCUT2D eigenvalue weighted by Crippen LogP contribution is 2.22. The van der Waals surface area contributed by atoms with Gasteiger partial charge in [-0.15, -0.1) is 0 Å². The van der Waals surface area contributed by atoms with E-state index in [-0.39, 0.29) is 16.3 Å². The summed E-state index contributed by atoms with van der Waals surface area (Å²) in [5.74, 6) is -1.48. The van der Waals surface area contributed by atoms with Crippen LogP contribution >= 0.6 is 11.6 Å². The van der Waals surface area contributed by atoms with Gasteiger partial charge < -0.3 is 15.8 Å². The van der Waals surface area contributed by atoms with Crippen LogP contribution in [0.2, 0.25) is 5.02 Å². The molecular weight excluding hydrogens is 335 g/mol. The van der Waals surface area contributed by atoms with Gasteiger partial charge in [-0.3, -0.25) is 9.59 Å². The second kappa shape index (κ2) is 7.31. The molecule has 2 amide bonds. The Balaban J connectivity index is 2.13. The van der Waals surface area contributed by atoms with Gasteiger partial charge in [0, 0.05) is 5.69 Å². The zero-order valence-electron chi connectivity index (χ0n) is 13.1. The summed E-state index contributed by atoms with van der Waals surface area (Å²) in [6.45, 7) is 3.34. The average molecular weight is 351 g/mol. The summed E-state index contributed by atoms with van der Waals surface area (Å²) in [6, 6.07) is 8.71. The van der Waals surface area contributed by atoms with Crippen molar-refractivity contribution in [3.63, 3.8) is 0 Å². The van der Waals surface area contributed by atoms with Gasteiger partial charge in [-0.25, -0.2) is 4.39 Å². The van der Waals surface area contributed by atoms with Gasteiger partial charge in [0.25, 0.3) is 11.8 Å². The Bertz CT molecular complexity index is 795. The number of nitrogens with one attached hydrogen (secondary N) is 1. The van der Waals surface area contributed by atoms with Crippen molar-refractivity contribution in [3.05, 3.63) is 58.4 Å². The van der Waals surface area contributed by atoms with Gasteiger partial charge >= 0.3 is 0 Å². The summed E-state index contributed by atoms with van der Waals surface area (Å²) in [7, 11) is 0. The molecule has 0 radical (unpaired) electrons. The van der Waals surface area contributed by atoms with Crippen LogP contribution in [0.3, 0.4) is 0 Å². The molecular formula is C17H16ClFN2O3. The maximum absolute atomic E-state index is 13.1. The minimum absolute atomic E-state index is 0.101. The van der Waals surface area contributed by atoms with Gasteiger partial charge in [0.15, 0.2) is 6.10 Å². The first-order valence-corrected chi connectivity index (χ1v) is 7.48. The molecule has 0 aromatic heterocycles. The fourth-order valence-corrected chi connectivity index (χ4v) is 2.17. The van der Waals surface area contributed by atoms with Gasteiger partial charge in [0.05, 0.1) is 10.6 Å². The number of nitrogens with two attached hydrogens (primary N) is 1. The molecule has 24 heavy (non-hydrogen) atoms. The minimum Gasteiger partial charge on any atom is -0.480 e. The van der Waals surface area contributed by atoms with E-state index >= 15 is 0 Å². The molecule has 0 spiro atoms. The molecule has 126 valence electrons. The van der Waals surface area contributed by atoms with E-state index < -0.39 is 23.7 Å². The molecule has 7 heteroatoms. The molecule has 0 fully saturated rings. The lowest BCUT2D eigenvalue weighted by molar-refractivity contribution is -0.122. The molecule has 2 rings (SSSR count). The third-order valence-corrected chi connectivity index (χ3v) is 3.55. The topological polar surface area (TPSA) is 81.4 Å². The molecule has 0 saturated carbocycles. The van der Waals surface area contributed by atoms with E-state index in [0.717, 1.165) is 11.6 Å². The Morgan fingerprint density at radius 2 is 1.96 bits per heavy atom. The van der Waals surface area contributed by atoms with E-state index in [1.807, 2.05) is 6.92 Å². The van der Waals surface area contributed by atoms with Crippen LogP contribution < -0.4 is 15.8 Å². The first-order chi connectivity index (χ1) is 11.3. The Morgan fingerprint density at radius 1 is 1.25 bits per heavy atom. The van der Waals surface area contributed by atoms with Crippen LogP contribution in [-0.4, -0.2) is 17.9 Å². The summed E-state index contributed by atoms with van der Waals surface area (Å²) < 4.78 is 18.7. The average Bonchev–Trinajstić information content (AvgIpc) is 2.50. The lowest BCUT2D eigenvalue weighted by Gasteiger charge is -2.17. The Morgan fingerprint density at radius 3 is 2.58 bits per heavy atom. The second-order valence-electron chi connectivity index (χ2n) is 5.24. The summed E-state index contributed by atoms with van der Waals surface area (Å²) in [6.07, 6.45) is -0.909. The first-order valence-electron chi connectivity index (χ1n) is 7.11. The van der Waals surface area contributed by atoms with Crippen molar-refractivity contribution in [2.24, 2.45) is 5.73 Å². The maximum atomic E-state index is 13.1. The van der Waals surface area contributed by atoms with Crippen LogP contribution in [0.15, 0.2) is 36.4 Å². The number of hydrogen-bond donors (Lipinski definition) is 2. The highest BCUT2D eigenvalue weighted by atomic mass is 35.5. The zero-order valence-corrected chi connectivity index (χ0v) is 13.9. The molecule has 0 aliphatic carbocycles. The van der Waals surface area contributed by atoms with Crippen LogP contribution in [0, 0.1) is 12.7 Å². The van der Waals surface area contributed by atoms with Gasteiger partial charge in [0.1, 0.15) is 11.6 Å². The van der Waals surface area contributed by atoms with Gasteiger partial charge in [0.2, 0.25) is 0 Å². The van der Waals surface area contributed by atoms with Gasteiger partial charge in [-0.1, -0.05) is 17.7 Å². The lowest BCUT2D eigenvalue weighted by Crippen LogP contribution is -2.31. The van der Waals surface area contributed by atoms with E-state index in [1.54, 1.807) is 12.1 Å². The number of aryl methyl sites for hydroxylation is 1. The molecule has 0 heterocycles. The number of primary amides is 1. The fourth-order valence-electron chi connectivity index (χ4n) is 1.99. The van der Waals surface area contributed by atoms with E-state index in [1.165, 1.54) is 25.1 Å². The van der Waals surface area contributed by atoms with Crippen LogP contribution in [0.25, 0.3) is 0 Å². The van der Waals surface area contributed by atoms with Crippen molar-refractivity contribution in [1.29, 1.82) is 0 Å². The maximum Gasteiger partial charge on any atom is 0.265 e. The number of anilines is 1. The number of amides is 2. The molecule has 0 unspecified atom stereocenters. The van der Waals surface area contributed by atoms with Crippen molar-refractivity contribution in [2.75, 3.05) is 5.32 Å². The van der Waals surface area contributed by atoms with E-state index in [2.05, 4.69) is 5.32 Å². The number of benzene rings is 2. The Labute approximate surface area is 143 Å². The summed E-state index contributed by atoms with van der Waals surface area (Å²) in [5, 5.41) is 2.46. The Kier molecular flexibility index (Phi) is 5.41. The highest BCUT2D eigenvalue weighted by molar-refractivity contribution is 6.31. The van der Waals surface area contributed by atoms with Crippen LogP contribution in [0.1, 0.15) is 22.8 Å². The number of carbonyl (C=O) groups is 2. The largest absolute Gasteiger partial charge is 0.480 e. The molecule has 2 aromatic carbocycles. The third-order valence-electron chi connectivity index (χ3n) is 3.26.